The fourth-order valence-corrected chi connectivity index (χ4v) is 6.03. The molecule has 0 radical (unpaired) electrons. The lowest BCUT2D eigenvalue weighted by Crippen LogP contribution is -2.19. The summed E-state index contributed by atoms with van der Waals surface area (Å²) in [6.07, 6.45) is 3.46. The zero-order valence-electron chi connectivity index (χ0n) is 23.9. The Morgan fingerprint density at radius 1 is 0.667 bits per heavy atom. The number of rotatable bonds is 11. The average molecular weight is 613 g/mol. The van der Waals surface area contributed by atoms with Crippen LogP contribution in [0.4, 0.5) is 0 Å². The lowest BCUT2D eigenvalue weighted by Gasteiger charge is -2.26. The van der Waals surface area contributed by atoms with Gasteiger partial charge in [-0.25, -0.2) is 4.79 Å². The SMILES string of the molecule is CC=CSc1ccc(Sc2ccc(SC=CC(=O)Oc3ccc(C(C)(C)c4cccc(OC(C)=O)c4)cc3)cc2)cc1. The Hall–Kier alpha value is -3.65. The van der Waals surface area contributed by atoms with E-state index in [1.165, 1.54) is 34.6 Å². The van der Waals surface area contributed by atoms with E-state index in [0.29, 0.717) is 11.5 Å². The molecular formula is C35H32O4S3. The van der Waals surface area contributed by atoms with Gasteiger partial charge in [-0.15, -0.1) is 0 Å². The number of carbonyl (C=O) groups excluding carboxylic acids is 2. The quantitative estimate of drug-likeness (QED) is 0.0723. The molecule has 4 aromatic carbocycles. The van der Waals surface area contributed by atoms with Crippen LogP contribution in [0.3, 0.4) is 0 Å². The van der Waals surface area contributed by atoms with E-state index < -0.39 is 5.97 Å². The molecule has 4 rings (SSSR count). The van der Waals surface area contributed by atoms with Crippen LogP contribution in [-0.4, -0.2) is 11.9 Å². The molecule has 0 amide bonds. The lowest BCUT2D eigenvalue weighted by molar-refractivity contribution is -0.132. The molecule has 0 atom stereocenters. The second-order valence-electron chi connectivity index (χ2n) is 9.74. The minimum Gasteiger partial charge on any atom is -0.427 e. The minimum absolute atomic E-state index is 0.348. The number of hydrogen-bond donors (Lipinski definition) is 0. The van der Waals surface area contributed by atoms with Crippen molar-refractivity contribution in [1.82, 2.24) is 0 Å². The standard InChI is InChI=1S/C35H32O4S3/c1-5-22-40-30-13-17-32(18-14-30)42-33-19-15-31(16-20-33)41-23-21-34(37)39-28-11-9-26(10-12-28)35(3,4)27-7-6-8-29(24-27)38-25(2)36/h5-24H,1-4H3. The monoisotopic (exact) mass is 612 g/mol. The van der Waals surface area contributed by atoms with Gasteiger partial charge in [0.05, 0.1) is 0 Å². The Morgan fingerprint density at radius 2 is 1.24 bits per heavy atom. The van der Waals surface area contributed by atoms with Crippen LogP contribution in [0.1, 0.15) is 38.8 Å². The van der Waals surface area contributed by atoms with E-state index in [-0.39, 0.29) is 11.4 Å². The van der Waals surface area contributed by atoms with Gasteiger partial charge in [0.1, 0.15) is 11.5 Å². The summed E-state index contributed by atoms with van der Waals surface area (Å²) in [5, 5.41) is 3.81. The van der Waals surface area contributed by atoms with Crippen molar-refractivity contribution in [3.05, 3.63) is 131 Å². The largest absolute Gasteiger partial charge is 0.427 e. The lowest BCUT2D eigenvalue weighted by atomic mass is 9.78. The van der Waals surface area contributed by atoms with Crippen molar-refractivity contribution in [1.29, 1.82) is 0 Å². The number of allylic oxidation sites excluding steroid dienone is 1. The smallest absolute Gasteiger partial charge is 0.336 e. The Morgan fingerprint density at radius 3 is 1.81 bits per heavy atom. The summed E-state index contributed by atoms with van der Waals surface area (Å²) < 4.78 is 10.7. The van der Waals surface area contributed by atoms with Crippen LogP contribution >= 0.6 is 35.3 Å². The molecule has 0 aliphatic carbocycles. The Labute approximate surface area is 260 Å². The molecular weight excluding hydrogens is 581 g/mol. The summed E-state index contributed by atoms with van der Waals surface area (Å²) in [5.74, 6) is 0.191. The summed E-state index contributed by atoms with van der Waals surface area (Å²) in [5.41, 5.74) is 1.69. The van der Waals surface area contributed by atoms with Gasteiger partial charge in [0.2, 0.25) is 0 Å². The highest BCUT2D eigenvalue weighted by Gasteiger charge is 2.24. The summed E-state index contributed by atoms with van der Waals surface area (Å²) >= 11 is 4.88. The Kier molecular flexibility index (Phi) is 11.2. The van der Waals surface area contributed by atoms with Gasteiger partial charge < -0.3 is 9.47 Å². The maximum absolute atomic E-state index is 12.4. The number of ether oxygens (including phenoxy) is 2. The molecule has 42 heavy (non-hydrogen) atoms. The van der Waals surface area contributed by atoms with E-state index in [9.17, 15) is 9.59 Å². The van der Waals surface area contributed by atoms with Crippen LogP contribution in [0, 0.1) is 0 Å². The normalized spacial score (nSPS) is 11.6. The van der Waals surface area contributed by atoms with Gasteiger partial charge in [-0.2, -0.15) is 0 Å². The third-order valence-corrected chi connectivity index (χ3v) is 9.03. The first-order valence-corrected chi connectivity index (χ1v) is 15.9. The number of thioether (sulfide) groups is 2. The van der Waals surface area contributed by atoms with Crippen molar-refractivity contribution in [2.45, 2.75) is 52.7 Å². The minimum atomic E-state index is -0.438. The number of carbonyl (C=O) groups is 2. The molecule has 0 aromatic heterocycles. The van der Waals surface area contributed by atoms with Gasteiger partial charge in [0.15, 0.2) is 0 Å². The van der Waals surface area contributed by atoms with Crippen molar-refractivity contribution >= 4 is 47.2 Å². The summed E-state index contributed by atoms with van der Waals surface area (Å²) in [6.45, 7) is 7.58. The van der Waals surface area contributed by atoms with Crippen molar-refractivity contribution in [3.8, 4) is 11.5 Å². The molecule has 0 fully saturated rings. The molecule has 7 heteroatoms. The van der Waals surface area contributed by atoms with Gasteiger partial charge in [-0.1, -0.05) is 79.5 Å². The molecule has 0 saturated heterocycles. The number of esters is 2. The molecule has 0 heterocycles. The van der Waals surface area contributed by atoms with E-state index >= 15 is 0 Å². The average Bonchev–Trinajstić information content (AvgIpc) is 2.98. The van der Waals surface area contributed by atoms with E-state index in [1.54, 1.807) is 47.1 Å². The van der Waals surface area contributed by atoms with E-state index in [1.807, 2.05) is 55.5 Å². The van der Waals surface area contributed by atoms with E-state index in [2.05, 4.69) is 55.7 Å². The first-order valence-electron chi connectivity index (χ1n) is 13.3. The van der Waals surface area contributed by atoms with Crippen molar-refractivity contribution < 1.29 is 19.1 Å². The van der Waals surface area contributed by atoms with Crippen LogP contribution in [0.5, 0.6) is 11.5 Å². The topological polar surface area (TPSA) is 52.6 Å². The molecule has 0 aliphatic heterocycles. The van der Waals surface area contributed by atoms with Gasteiger partial charge in [-0.3, -0.25) is 4.79 Å². The fraction of sp³-hybridized carbons (Fsp3) is 0.143. The van der Waals surface area contributed by atoms with Gasteiger partial charge >= 0.3 is 11.9 Å². The van der Waals surface area contributed by atoms with Crippen LogP contribution < -0.4 is 9.47 Å². The van der Waals surface area contributed by atoms with E-state index in [4.69, 9.17) is 9.47 Å². The number of benzene rings is 4. The molecule has 214 valence electrons. The van der Waals surface area contributed by atoms with Crippen molar-refractivity contribution in [3.63, 3.8) is 0 Å². The first-order chi connectivity index (χ1) is 20.2. The van der Waals surface area contributed by atoms with Crippen molar-refractivity contribution in [2.24, 2.45) is 0 Å². The van der Waals surface area contributed by atoms with Crippen LogP contribution in [0.25, 0.3) is 0 Å². The molecule has 0 bridgehead atoms. The second-order valence-corrected chi connectivity index (χ2v) is 12.9. The summed E-state index contributed by atoms with van der Waals surface area (Å²) in [4.78, 5) is 28.3. The predicted octanol–water partition coefficient (Wildman–Crippen LogP) is 9.93. The highest BCUT2D eigenvalue weighted by atomic mass is 32.2. The molecule has 0 aliphatic rings. The summed E-state index contributed by atoms with van der Waals surface area (Å²) in [6, 6.07) is 31.7. The maximum atomic E-state index is 12.4. The molecule has 0 unspecified atom stereocenters. The Balaban J connectivity index is 1.28. The second kappa shape index (κ2) is 15.0. The van der Waals surface area contributed by atoms with Gasteiger partial charge in [-0.05, 0) is 102 Å². The van der Waals surface area contributed by atoms with Gasteiger partial charge in [0.25, 0.3) is 0 Å². The molecule has 0 saturated carbocycles. The van der Waals surface area contributed by atoms with E-state index in [0.717, 1.165) is 20.9 Å². The third kappa shape index (κ3) is 9.18. The maximum Gasteiger partial charge on any atom is 0.336 e. The predicted molar refractivity (Wildman–Crippen MR) is 175 cm³/mol. The molecule has 0 spiro atoms. The van der Waals surface area contributed by atoms with Crippen LogP contribution in [0.2, 0.25) is 0 Å². The summed E-state index contributed by atoms with van der Waals surface area (Å²) in [7, 11) is 0. The highest BCUT2D eigenvalue weighted by Crippen LogP contribution is 2.34. The zero-order valence-corrected chi connectivity index (χ0v) is 26.4. The fourth-order valence-electron chi connectivity index (χ4n) is 3.99. The molecule has 4 nitrogen and oxygen atoms in total. The highest BCUT2D eigenvalue weighted by molar-refractivity contribution is 8.02. The third-order valence-electron chi connectivity index (χ3n) is 6.24. The number of hydrogen-bond acceptors (Lipinski definition) is 7. The molecule has 4 aromatic rings. The van der Waals surface area contributed by atoms with Gasteiger partial charge in [0, 0.05) is 38.0 Å². The first kappa shape index (κ1) is 31.3. The zero-order chi connectivity index (χ0) is 30.0. The van der Waals surface area contributed by atoms with Crippen LogP contribution in [0.15, 0.2) is 140 Å². The Bertz CT molecular complexity index is 1560. The van der Waals surface area contributed by atoms with Crippen molar-refractivity contribution in [2.75, 3.05) is 0 Å². The molecule has 0 N–H and O–H groups in total. The van der Waals surface area contributed by atoms with Crippen LogP contribution in [-0.2, 0) is 15.0 Å².